The van der Waals surface area contributed by atoms with Gasteiger partial charge in [0.15, 0.2) is 0 Å². The van der Waals surface area contributed by atoms with Crippen molar-refractivity contribution >= 4 is 17.8 Å². The number of amides is 2. The van der Waals surface area contributed by atoms with Crippen molar-refractivity contribution < 1.29 is 19.5 Å². The van der Waals surface area contributed by atoms with Gasteiger partial charge < -0.3 is 14.9 Å². The van der Waals surface area contributed by atoms with E-state index in [1.54, 1.807) is 11.9 Å². The Kier molecular flexibility index (Phi) is 5.95. The van der Waals surface area contributed by atoms with Gasteiger partial charge in [-0.3, -0.25) is 14.4 Å². The summed E-state index contributed by atoms with van der Waals surface area (Å²) < 4.78 is 0. The van der Waals surface area contributed by atoms with E-state index >= 15 is 0 Å². The van der Waals surface area contributed by atoms with Crippen molar-refractivity contribution in [3.05, 3.63) is 35.9 Å². The van der Waals surface area contributed by atoms with E-state index in [1.165, 1.54) is 4.90 Å². The minimum absolute atomic E-state index is 0.00757. The summed E-state index contributed by atoms with van der Waals surface area (Å²) in [6.07, 6.45) is 1.45. The second-order valence-electron chi connectivity index (χ2n) is 6.16. The van der Waals surface area contributed by atoms with E-state index in [-0.39, 0.29) is 24.4 Å². The van der Waals surface area contributed by atoms with Gasteiger partial charge >= 0.3 is 5.97 Å². The number of carbonyl (C=O) groups is 3. The lowest BCUT2D eigenvalue weighted by molar-refractivity contribution is -0.151. The molecule has 2 atom stereocenters. The number of rotatable bonds is 6. The average molecular weight is 332 g/mol. The molecule has 6 heteroatoms. The van der Waals surface area contributed by atoms with Gasteiger partial charge in [-0.1, -0.05) is 37.3 Å². The lowest BCUT2D eigenvalue weighted by Gasteiger charge is -2.40. The van der Waals surface area contributed by atoms with Gasteiger partial charge in [-0.25, -0.2) is 0 Å². The maximum atomic E-state index is 13.0. The molecule has 1 aliphatic rings. The van der Waals surface area contributed by atoms with E-state index < -0.39 is 11.9 Å². The third-order valence-electron chi connectivity index (χ3n) is 4.45. The fraction of sp³-hybridized carbons (Fsp3) is 0.500. The molecule has 0 saturated carbocycles. The molecule has 1 aliphatic heterocycles. The molecule has 1 fully saturated rings. The largest absolute Gasteiger partial charge is 0.480 e. The number of nitrogens with zero attached hydrogens (tertiary/aromatic N) is 2. The van der Waals surface area contributed by atoms with E-state index in [2.05, 4.69) is 0 Å². The Balaban J connectivity index is 2.31. The molecule has 1 heterocycles. The maximum absolute atomic E-state index is 13.0. The average Bonchev–Trinajstić information content (AvgIpc) is 2.56. The van der Waals surface area contributed by atoms with E-state index in [1.807, 2.05) is 37.3 Å². The Hall–Kier alpha value is -2.37. The highest BCUT2D eigenvalue weighted by Crippen LogP contribution is 2.36. The van der Waals surface area contributed by atoms with Gasteiger partial charge in [-0.05, 0) is 18.4 Å². The lowest BCUT2D eigenvalue weighted by atomic mass is 9.83. The van der Waals surface area contributed by atoms with Gasteiger partial charge in [-0.15, -0.1) is 0 Å². The second-order valence-corrected chi connectivity index (χ2v) is 6.16. The Morgan fingerprint density at radius 3 is 2.54 bits per heavy atom. The van der Waals surface area contributed by atoms with E-state index in [0.29, 0.717) is 25.8 Å². The summed E-state index contributed by atoms with van der Waals surface area (Å²) in [4.78, 5) is 39.2. The van der Waals surface area contributed by atoms with Gasteiger partial charge in [0.1, 0.15) is 6.54 Å². The summed E-state index contributed by atoms with van der Waals surface area (Å²) in [5, 5.41) is 9.08. The highest BCUT2D eigenvalue weighted by atomic mass is 16.4. The Bertz CT molecular complexity index is 602. The number of hydrogen-bond donors (Lipinski definition) is 1. The minimum Gasteiger partial charge on any atom is -0.480 e. The van der Waals surface area contributed by atoms with Crippen molar-refractivity contribution in [3.8, 4) is 0 Å². The molecule has 24 heavy (non-hydrogen) atoms. The molecular weight excluding hydrogens is 308 g/mol. The molecule has 0 radical (unpaired) electrons. The molecule has 2 amide bonds. The highest BCUT2D eigenvalue weighted by Gasteiger charge is 2.40. The molecule has 1 aromatic rings. The molecule has 2 rings (SSSR count). The number of likely N-dealkylation sites (tertiary alicyclic amines) is 1. The molecule has 1 N–H and O–H groups in total. The van der Waals surface area contributed by atoms with Gasteiger partial charge in [0.05, 0.1) is 12.0 Å². The van der Waals surface area contributed by atoms with Crippen molar-refractivity contribution in [2.75, 3.05) is 20.1 Å². The van der Waals surface area contributed by atoms with E-state index in [9.17, 15) is 14.4 Å². The zero-order valence-electron chi connectivity index (χ0n) is 14.1. The topological polar surface area (TPSA) is 77.9 Å². The normalized spacial score (nSPS) is 20.8. The summed E-state index contributed by atoms with van der Waals surface area (Å²) in [5.74, 6) is -1.62. The predicted molar refractivity (Wildman–Crippen MR) is 89.2 cm³/mol. The van der Waals surface area contributed by atoms with Crippen molar-refractivity contribution in [1.82, 2.24) is 9.80 Å². The number of carboxylic acid groups (broad SMARTS) is 1. The molecule has 6 nitrogen and oxygen atoms in total. The Labute approximate surface area is 142 Å². The van der Waals surface area contributed by atoms with Crippen LogP contribution < -0.4 is 0 Å². The van der Waals surface area contributed by atoms with Crippen LogP contribution in [0.15, 0.2) is 30.3 Å². The summed E-state index contributed by atoms with van der Waals surface area (Å²) in [7, 11) is 1.71. The lowest BCUT2D eigenvalue weighted by Crippen LogP contribution is -2.48. The summed E-state index contributed by atoms with van der Waals surface area (Å²) in [6, 6.07) is 9.10. The summed E-state index contributed by atoms with van der Waals surface area (Å²) in [6.45, 7) is 2.01. The van der Waals surface area contributed by atoms with Crippen LogP contribution in [0, 0.1) is 5.92 Å². The van der Waals surface area contributed by atoms with E-state index in [0.717, 1.165) is 5.56 Å². The molecule has 1 aromatic carbocycles. The van der Waals surface area contributed by atoms with Crippen LogP contribution in [-0.2, 0) is 14.4 Å². The van der Waals surface area contributed by atoms with Crippen molar-refractivity contribution in [3.63, 3.8) is 0 Å². The molecular formula is C18H24N2O4. The first-order valence-corrected chi connectivity index (χ1v) is 8.26. The highest BCUT2D eigenvalue weighted by molar-refractivity contribution is 5.87. The van der Waals surface area contributed by atoms with Gasteiger partial charge in [0.25, 0.3) is 0 Å². The van der Waals surface area contributed by atoms with Crippen LogP contribution in [0.4, 0.5) is 0 Å². The number of aliphatic carboxylic acids is 1. The third kappa shape index (κ3) is 3.93. The first-order valence-electron chi connectivity index (χ1n) is 8.26. The zero-order valence-corrected chi connectivity index (χ0v) is 14.1. The second kappa shape index (κ2) is 7.95. The SMILES string of the molecule is CCCN(CC(=O)O)C(=O)C1CCC(=O)N(C)C1c1ccccc1. The first-order chi connectivity index (χ1) is 11.5. The molecule has 0 aliphatic carbocycles. The van der Waals surface area contributed by atoms with Crippen LogP contribution in [0.1, 0.15) is 37.8 Å². The number of hydrogen-bond acceptors (Lipinski definition) is 3. The fourth-order valence-electron chi connectivity index (χ4n) is 3.34. The van der Waals surface area contributed by atoms with Crippen molar-refractivity contribution in [1.29, 1.82) is 0 Å². The standard InChI is InChI=1S/C18H24N2O4/c1-3-11-20(12-16(22)23)18(24)14-9-10-15(21)19(2)17(14)13-7-5-4-6-8-13/h4-8,14,17H,3,9-12H2,1-2H3,(H,22,23). The molecule has 0 spiro atoms. The van der Waals surface area contributed by atoms with Crippen LogP contribution in [0.25, 0.3) is 0 Å². The molecule has 130 valence electrons. The molecule has 1 saturated heterocycles. The van der Waals surface area contributed by atoms with Crippen LogP contribution >= 0.6 is 0 Å². The zero-order chi connectivity index (χ0) is 17.7. The van der Waals surface area contributed by atoms with Gasteiger partial charge in [0, 0.05) is 20.0 Å². The van der Waals surface area contributed by atoms with Crippen LogP contribution in [0.2, 0.25) is 0 Å². The first kappa shape index (κ1) is 18.0. The number of benzene rings is 1. The van der Waals surface area contributed by atoms with Crippen LogP contribution in [0.5, 0.6) is 0 Å². The van der Waals surface area contributed by atoms with Crippen molar-refractivity contribution in [2.24, 2.45) is 5.92 Å². The smallest absolute Gasteiger partial charge is 0.323 e. The number of piperidine rings is 1. The monoisotopic (exact) mass is 332 g/mol. The Morgan fingerprint density at radius 1 is 1.29 bits per heavy atom. The summed E-state index contributed by atoms with van der Waals surface area (Å²) >= 11 is 0. The van der Waals surface area contributed by atoms with Gasteiger partial charge in [0.2, 0.25) is 11.8 Å². The van der Waals surface area contributed by atoms with Gasteiger partial charge in [-0.2, -0.15) is 0 Å². The molecule has 0 bridgehead atoms. The minimum atomic E-state index is -1.02. The summed E-state index contributed by atoms with van der Waals surface area (Å²) in [5.41, 5.74) is 0.901. The molecule has 2 unspecified atom stereocenters. The van der Waals surface area contributed by atoms with Crippen LogP contribution in [0.3, 0.4) is 0 Å². The maximum Gasteiger partial charge on any atom is 0.323 e. The van der Waals surface area contributed by atoms with Crippen LogP contribution in [-0.4, -0.2) is 52.8 Å². The Morgan fingerprint density at radius 2 is 1.96 bits per heavy atom. The molecule has 0 aromatic heterocycles. The fourth-order valence-corrected chi connectivity index (χ4v) is 3.34. The third-order valence-corrected chi connectivity index (χ3v) is 4.45. The van der Waals surface area contributed by atoms with E-state index in [4.69, 9.17) is 5.11 Å². The van der Waals surface area contributed by atoms with Crippen molar-refractivity contribution in [2.45, 2.75) is 32.2 Å². The number of carboxylic acids is 1. The predicted octanol–water partition coefficient (Wildman–Crippen LogP) is 1.92. The number of carbonyl (C=O) groups excluding carboxylic acids is 2. The quantitative estimate of drug-likeness (QED) is 0.863.